The van der Waals surface area contributed by atoms with Gasteiger partial charge in [0.25, 0.3) is 5.82 Å². The molecular formula is C26H24N3O2+. The Bertz CT molecular complexity index is 1470. The first-order valence-corrected chi connectivity index (χ1v) is 10.2. The van der Waals surface area contributed by atoms with Gasteiger partial charge in [-0.05, 0) is 40.9 Å². The molecule has 0 unspecified atom stereocenters. The van der Waals surface area contributed by atoms with Gasteiger partial charge in [0.05, 0.1) is 26.6 Å². The Balaban J connectivity index is 1.90. The molecule has 0 aliphatic heterocycles. The van der Waals surface area contributed by atoms with Gasteiger partial charge in [-0.3, -0.25) is 0 Å². The highest BCUT2D eigenvalue weighted by atomic mass is 16.5. The molecule has 0 saturated heterocycles. The number of hydrogen-bond donors (Lipinski definition) is 0. The van der Waals surface area contributed by atoms with Crippen molar-refractivity contribution in [3.8, 4) is 22.6 Å². The summed E-state index contributed by atoms with van der Waals surface area (Å²) in [4.78, 5) is 4.84. The summed E-state index contributed by atoms with van der Waals surface area (Å²) in [5.41, 5.74) is 6.44. The van der Waals surface area contributed by atoms with Crippen LogP contribution in [-0.2, 0) is 7.05 Å². The Kier molecular flexibility index (Phi) is 4.59. The molecule has 0 N–H and O–H groups in total. The van der Waals surface area contributed by atoms with Gasteiger partial charge in [-0.2, -0.15) is 0 Å². The van der Waals surface area contributed by atoms with Crippen LogP contribution in [0.5, 0.6) is 11.5 Å². The molecule has 31 heavy (non-hydrogen) atoms. The summed E-state index contributed by atoms with van der Waals surface area (Å²) in [6, 6.07) is 20.6. The minimum atomic E-state index is 0.789. The topological polar surface area (TPSA) is 39.6 Å². The molecule has 0 spiro atoms. The zero-order chi connectivity index (χ0) is 21.5. The molecule has 0 aliphatic carbocycles. The third kappa shape index (κ3) is 3.10. The van der Waals surface area contributed by atoms with Crippen molar-refractivity contribution in [2.75, 3.05) is 14.2 Å². The SMILES string of the molecule is COc1ccc(OC)c(/C=c2\c(-c3ccccc3)cc3c4nc(C)[n+](C)c4ccn23)c1. The van der Waals surface area contributed by atoms with E-state index in [1.807, 2.05) is 31.2 Å². The molecule has 3 heterocycles. The quantitative estimate of drug-likeness (QED) is 0.423. The highest BCUT2D eigenvalue weighted by molar-refractivity contribution is 5.91. The highest BCUT2D eigenvalue weighted by Gasteiger charge is 2.20. The molecule has 3 aromatic heterocycles. The van der Waals surface area contributed by atoms with E-state index in [2.05, 4.69) is 64.7 Å². The van der Waals surface area contributed by atoms with Crippen LogP contribution in [0.25, 0.3) is 33.8 Å². The number of aromatic nitrogens is 3. The third-order valence-corrected chi connectivity index (χ3v) is 5.88. The van der Waals surface area contributed by atoms with Crippen LogP contribution in [0.3, 0.4) is 0 Å². The van der Waals surface area contributed by atoms with Crippen molar-refractivity contribution in [2.24, 2.45) is 7.05 Å². The van der Waals surface area contributed by atoms with Crippen molar-refractivity contribution in [3.63, 3.8) is 0 Å². The molecule has 0 atom stereocenters. The minimum Gasteiger partial charge on any atom is -0.497 e. The van der Waals surface area contributed by atoms with E-state index in [0.29, 0.717) is 0 Å². The van der Waals surface area contributed by atoms with E-state index in [9.17, 15) is 0 Å². The lowest BCUT2D eigenvalue weighted by Gasteiger charge is -2.07. The van der Waals surface area contributed by atoms with E-state index in [4.69, 9.17) is 14.5 Å². The number of ether oxygens (including phenoxy) is 2. The second-order valence-corrected chi connectivity index (χ2v) is 7.58. The molecule has 154 valence electrons. The first kappa shape index (κ1) is 19.1. The van der Waals surface area contributed by atoms with E-state index in [1.54, 1.807) is 14.2 Å². The number of hydrogen-bond acceptors (Lipinski definition) is 3. The highest BCUT2D eigenvalue weighted by Crippen LogP contribution is 2.27. The fourth-order valence-corrected chi connectivity index (χ4v) is 4.13. The maximum atomic E-state index is 5.63. The van der Waals surface area contributed by atoms with Gasteiger partial charge >= 0.3 is 0 Å². The van der Waals surface area contributed by atoms with Crippen LogP contribution in [0.15, 0.2) is 66.9 Å². The first-order chi connectivity index (χ1) is 15.1. The van der Waals surface area contributed by atoms with Crippen LogP contribution < -0.4 is 19.4 Å². The zero-order valence-electron chi connectivity index (χ0n) is 18.1. The second kappa shape index (κ2) is 7.43. The van der Waals surface area contributed by atoms with Crippen LogP contribution in [0.1, 0.15) is 11.4 Å². The van der Waals surface area contributed by atoms with Crippen LogP contribution in [-0.4, -0.2) is 23.6 Å². The van der Waals surface area contributed by atoms with Crippen molar-refractivity contribution in [1.82, 2.24) is 9.38 Å². The summed E-state index contributed by atoms with van der Waals surface area (Å²) in [5, 5.41) is 1.07. The Hall–Kier alpha value is -3.86. The van der Waals surface area contributed by atoms with Gasteiger partial charge in [0, 0.05) is 30.3 Å². The van der Waals surface area contributed by atoms with E-state index in [0.717, 1.165) is 55.9 Å². The van der Waals surface area contributed by atoms with Gasteiger partial charge in [-0.25, -0.2) is 4.57 Å². The number of rotatable bonds is 4. The molecule has 0 amide bonds. The summed E-state index contributed by atoms with van der Waals surface area (Å²) in [5.74, 6) is 2.58. The molecule has 5 heteroatoms. The number of benzene rings is 2. The van der Waals surface area contributed by atoms with E-state index >= 15 is 0 Å². The maximum absolute atomic E-state index is 5.63. The van der Waals surface area contributed by atoms with Crippen LogP contribution in [0.2, 0.25) is 0 Å². The fourth-order valence-electron chi connectivity index (χ4n) is 4.13. The van der Waals surface area contributed by atoms with Crippen LogP contribution >= 0.6 is 0 Å². The molecule has 0 saturated carbocycles. The molecule has 0 radical (unpaired) electrons. The monoisotopic (exact) mass is 410 g/mol. The molecule has 5 nitrogen and oxygen atoms in total. The Morgan fingerprint density at radius 1 is 0.968 bits per heavy atom. The van der Waals surface area contributed by atoms with Gasteiger partial charge in [0.15, 0.2) is 5.52 Å². The van der Waals surface area contributed by atoms with Crippen LogP contribution in [0.4, 0.5) is 0 Å². The molecule has 2 aromatic carbocycles. The molecule has 5 rings (SSSR count). The largest absolute Gasteiger partial charge is 0.497 e. The second-order valence-electron chi connectivity index (χ2n) is 7.58. The van der Waals surface area contributed by atoms with Crippen molar-refractivity contribution in [1.29, 1.82) is 0 Å². The van der Waals surface area contributed by atoms with E-state index in [-0.39, 0.29) is 0 Å². The van der Waals surface area contributed by atoms with E-state index in [1.165, 1.54) is 0 Å². The molecule has 5 aromatic rings. The number of pyridine rings is 1. The summed E-state index contributed by atoms with van der Waals surface area (Å²) in [6.45, 7) is 2.03. The Labute approximate surface area is 180 Å². The lowest BCUT2D eigenvalue weighted by atomic mass is 10.1. The minimum absolute atomic E-state index is 0.789. The number of aryl methyl sites for hydroxylation is 2. The van der Waals surface area contributed by atoms with Gasteiger partial charge in [-0.1, -0.05) is 30.3 Å². The predicted octanol–water partition coefficient (Wildman–Crippen LogP) is 3.85. The number of nitrogens with zero attached hydrogens (tertiary/aromatic N) is 3. The first-order valence-electron chi connectivity index (χ1n) is 10.2. The van der Waals surface area contributed by atoms with E-state index < -0.39 is 0 Å². The molecule has 0 aliphatic rings. The predicted molar refractivity (Wildman–Crippen MR) is 122 cm³/mol. The van der Waals surface area contributed by atoms with Crippen molar-refractivity contribution in [3.05, 3.63) is 83.6 Å². The summed E-state index contributed by atoms with van der Waals surface area (Å²) in [7, 11) is 5.41. The molecular weight excluding hydrogens is 386 g/mol. The van der Waals surface area contributed by atoms with Crippen LogP contribution in [0, 0.1) is 6.92 Å². The van der Waals surface area contributed by atoms with Gasteiger partial charge in [0.2, 0.25) is 5.52 Å². The fraction of sp³-hybridized carbons (Fsp3) is 0.154. The third-order valence-electron chi connectivity index (χ3n) is 5.88. The Morgan fingerprint density at radius 3 is 2.52 bits per heavy atom. The van der Waals surface area contributed by atoms with Crippen molar-refractivity contribution in [2.45, 2.75) is 6.92 Å². The van der Waals surface area contributed by atoms with Crippen molar-refractivity contribution >= 4 is 22.6 Å². The summed E-state index contributed by atoms with van der Waals surface area (Å²) < 4.78 is 15.4. The summed E-state index contributed by atoms with van der Waals surface area (Å²) in [6.07, 6.45) is 4.27. The van der Waals surface area contributed by atoms with Gasteiger partial charge in [-0.15, -0.1) is 0 Å². The molecule has 0 bridgehead atoms. The average Bonchev–Trinajstić information content (AvgIpc) is 3.31. The lowest BCUT2D eigenvalue weighted by molar-refractivity contribution is -0.651. The smallest absolute Gasteiger partial charge is 0.296 e. The Morgan fingerprint density at radius 2 is 1.77 bits per heavy atom. The molecule has 0 fully saturated rings. The number of imidazole rings is 1. The maximum Gasteiger partial charge on any atom is 0.296 e. The number of fused-ring (bicyclic) bond motifs is 3. The summed E-state index contributed by atoms with van der Waals surface area (Å²) >= 11 is 0. The van der Waals surface area contributed by atoms with Gasteiger partial charge in [0.1, 0.15) is 17.0 Å². The zero-order valence-corrected chi connectivity index (χ0v) is 18.1. The lowest BCUT2D eigenvalue weighted by Crippen LogP contribution is -2.29. The van der Waals surface area contributed by atoms with Gasteiger partial charge < -0.3 is 13.9 Å². The van der Waals surface area contributed by atoms with Crippen molar-refractivity contribution < 1.29 is 14.0 Å². The normalized spacial score (nSPS) is 12.1. The number of methoxy groups -OCH3 is 2. The standard InChI is InChI=1S/C26H24N3O2/c1-17-27-26-22(28(17)2)12-13-29-23(15-19-14-20(30-3)10-11-25(19)31-4)21(16-24(26)29)18-8-6-5-7-9-18/h5-16H,1-4H3/q+1/b23-15+. The average molecular weight is 410 g/mol.